The van der Waals surface area contributed by atoms with Crippen LogP contribution in [0.15, 0.2) is 59.0 Å². The van der Waals surface area contributed by atoms with Gasteiger partial charge in [-0.3, -0.25) is 0 Å². The van der Waals surface area contributed by atoms with Crippen LogP contribution >= 0.6 is 0 Å². The lowest BCUT2D eigenvalue weighted by Gasteiger charge is -2.05. The molecule has 0 spiro atoms. The van der Waals surface area contributed by atoms with Gasteiger partial charge in [-0.2, -0.15) is 0 Å². The molecule has 0 atom stereocenters. The first-order valence-corrected chi connectivity index (χ1v) is 6.21. The highest BCUT2D eigenvalue weighted by Gasteiger charge is 2.07. The Morgan fingerprint density at radius 3 is 2.25 bits per heavy atom. The molecule has 3 aromatic rings. The predicted molar refractivity (Wildman–Crippen MR) is 74.1 cm³/mol. The van der Waals surface area contributed by atoms with Crippen molar-refractivity contribution >= 4 is 0 Å². The van der Waals surface area contributed by atoms with E-state index in [0.29, 0.717) is 11.8 Å². The van der Waals surface area contributed by atoms with Gasteiger partial charge in [0, 0.05) is 5.56 Å². The summed E-state index contributed by atoms with van der Waals surface area (Å²) in [6.45, 7) is 0.238. The first-order chi connectivity index (χ1) is 9.85. The molecule has 2 N–H and O–H groups in total. The Labute approximate surface area is 116 Å². The van der Waals surface area contributed by atoms with Crippen molar-refractivity contribution in [1.29, 1.82) is 0 Å². The van der Waals surface area contributed by atoms with Crippen LogP contribution in [0.2, 0.25) is 0 Å². The summed E-state index contributed by atoms with van der Waals surface area (Å²) in [5.41, 5.74) is 6.27. The molecule has 2 aromatic carbocycles. The molecule has 0 aliphatic carbocycles. The van der Waals surface area contributed by atoms with Gasteiger partial charge in [0.1, 0.15) is 11.5 Å². The first-order valence-electron chi connectivity index (χ1n) is 6.21. The Morgan fingerprint density at radius 1 is 0.900 bits per heavy atom. The second kappa shape index (κ2) is 5.54. The number of hydrogen-bond acceptors (Lipinski definition) is 5. The fraction of sp³-hybridized carbons (Fsp3) is 0.0667. The van der Waals surface area contributed by atoms with Crippen molar-refractivity contribution in [1.82, 2.24) is 10.2 Å². The maximum absolute atomic E-state index is 5.71. The molecule has 0 aliphatic rings. The minimum atomic E-state index is 0.238. The lowest BCUT2D eigenvalue weighted by atomic mass is 10.2. The number of aromatic nitrogens is 2. The van der Waals surface area contributed by atoms with Gasteiger partial charge < -0.3 is 14.9 Å². The van der Waals surface area contributed by atoms with Gasteiger partial charge in [0.15, 0.2) is 0 Å². The minimum Gasteiger partial charge on any atom is -0.457 e. The molecule has 0 unspecified atom stereocenters. The summed E-state index contributed by atoms with van der Waals surface area (Å²) in [6.07, 6.45) is 0. The molecule has 0 saturated carbocycles. The standard InChI is InChI=1S/C15H13N3O2/c16-10-14-17-18-15(20-14)11-6-8-13(9-7-11)19-12-4-2-1-3-5-12/h1-9H,10,16H2. The molecule has 1 aromatic heterocycles. The highest BCUT2D eigenvalue weighted by Crippen LogP contribution is 2.24. The zero-order chi connectivity index (χ0) is 13.8. The molecule has 5 nitrogen and oxygen atoms in total. The van der Waals surface area contributed by atoms with E-state index in [1.807, 2.05) is 54.6 Å². The van der Waals surface area contributed by atoms with E-state index in [2.05, 4.69) is 10.2 Å². The van der Waals surface area contributed by atoms with Crippen molar-refractivity contribution < 1.29 is 9.15 Å². The molecular weight excluding hydrogens is 254 g/mol. The van der Waals surface area contributed by atoms with Crippen LogP contribution in [0.5, 0.6) is 11.5 Å². The van der Waals surface area contributed by atoms with Crippen LogP contribution in [0.4, 0.5) is 0 Å². The van der Waals surface area contributed by atoms with Crippen LogP contribution in [0, 0.1) is 0 Å². The molecule has 1 heterocycles. The lowest BCUT2D eigenvalue weighted by Crippen LogP contribution is -1.95. The van der Waals surface area contributed by atoms with Gasteiger partial charge in [0.25, 0.3) is 0 Å². The minimum absolute atomic E-state index is 0.238. The number of nitrogens with zero attached hydrogens (tertiary/aromatic N) is 2. The van der Waals surface area contributed by atoms with Crippen molar-refractivity contribution in [2.75, 3.05) is 0 Å². The van der Waals surface area contributed by atoms with E-state index in [1.54, 1.807) is 0 Å². The molecule has 5 heteroatoms. The Kier molecular flexibility index (Phi) is 3.43. The van der Waals surface area contributed by atoms with Gasteiger partial charge in [-0.15, -0.1) is 10.2 Å². The summed E-state index contributed by atoms with van der Waals surface area (Å²) < 4.78 is 11.1. The summed E-state index contributed by atoms with van der Waals surface area (Å²) in [5, 5.41) is 7.76. The molecule has 0 aliphatic heterocycles. The highest BCUT2D eigenvalue weighted by molar-refractivity contribution is 5.54. The summed E-state index contributed by atoms with van der Waals surface area (Å²) in [4.78, 5) is 0. The average molecular weight is 267 g/mol. The molecule has 3 rings (SSSR count). The van der Waals surface area contributed by atoms with Gasteiger partial charge in [0.05, 0.1) is 6.54 Å². The van der Waals surface area contributed by atoms with Crippen molar-refractivity contribution in [2.45, 2.75) is 6.54 Å². The average Bonchev–Trinajstić information content (AvgIpc) is 2.98. The largest absolute Gasteiger partial charge is 0.457 e. The van der Waals surface area contributed by atoms with Gasteiger partial charge in [-0.05, 0) is 36.4 Å². The third-order valence-corrected chi connectivity index (χ3v) is 2.72. The summed E-state index contributed by atoms with van der Waals surface area (Å²) >= 11 is 0. The smallest absolute Gasteiger partial charge is 0.247 e. The van der Waals surface area contributed by atoms with E-state index >= 15 is 0 Å². The fourth-order valence-corrected chi connectivity index (χ4v) is 1.74. The van der Waals surface area contributed by atoms with Crippen molar-refractivity contribution in [3.63, 3.8) is 0 Å². The Balaban J connectivity index is 1.77. The molecule has 100 valence electrons. The van der Waals surface area contributed by atoms with Crippen molar-refractivity contribution in [3.8, 4) is 23.0 Å². The second-order valence-electron chi connectivity index (χ2n) is 4.14. The van der Waals surface area contributed by atoms with E-state index in [0.717, 1.165) is 17.1 Å². The van der Waals surface area contributed by atoms with Crippen molar-refractivity contribution in [2.24, 2.45) is 5.73 Å². The lowest BCUT2D eigenvalue weighted by molar-refractivity contribution is 0.482. The quantitative estimate of drug-likeness (QED) is 0.786. The van der Waals surface area contributed by atoms with Gasteiger partial charge in [-0.1, -0.05) is 18.2 Å². The fourth-order valence-electron chi connectivity index (χ4n) is 1.74. The van der Waals surface area contributed by atoms with Gasteiger partial charge >= 0.3 is 0 Å². The maximum atomic E-state index is 5.71. The first kappa shape index (κ1) is 12.4. The van der Waals surface area contributed by atoms with Crippen LogP contribution in [-0.2, 0) is 6.54 Å². The summed E-state index contributed by atoms with van der Waals surface area (Å²) in [5.74, 6) is 2.42. The number of rotatable bonds is 4. The second-order valence-corrected chi connectivity index (χ2v) is 4.14. The van der Waals surface area contributed by atoms with Gasteiger partial charge in [-0.25, -0.2) is 0 Å². The molecule has 0 radical (unpaired) electrons. The van der Waals surface area contributed by atoms with Crippen LogP contribution in [-0.4, -0.2) is 10.2 Å². The highest BCUT2D eigenvalue weighted by atomic mass is 16.5. The van der Waals surface area contributed by atoms with E-state index in [-0.39, 0.29) is 6.54 Å². The zero-order valence-electron chi connectivity index (χ0n) is 10.7. The third-order valence-electron chi connectivity index (χ3n) is 2.72. The van der Waals surface area contributed by atoms with Crippen LogP contribution in [0.1, 0.15) is 5.89 Å². The van der Waals surface area contributed by atoms with Crippen molar-refractivity contribution in [3.05, 3.63) is 60.5 Å². The molecule has 0 bridgehead atoms. The van der Waals surface area contributed by atoms with E-state index in [9.17, 15) is 0 Å². The van der Waals surface area contributed by atoms with Crippen LogP contribution in [0.3, 0.4) is 0 Å². The normalized spacial score (nSPS) is 10.4. The Hall–Kier alpha value is -2.66. The van der Waals surface area contributed by atoms with Crippen LogP contribution in [0.25, 0.3) is 11.5 Å². The molecule has 0 saturated heterocycles. The van der Waals surface area contributed by atoms with E-state index < -0.39 is 0 Å². The Morgan fingerprint density at radius 2 is 1.60 bits per heavy atom. The van der Waals surface area contributed by atoms with Crippen LogP contribution < -0.4 is 10.5 Å². The maximum Gasteiger partial charge on any atom is 0.247 e. The summed E-state index contributed by atoms with van der Waals surface area (Å²) in [6, 6.07) is 17.0. The molecule has 20 heavy (non-hydrogen) atoms. The van der Waals surface area contributed by atoms with E-state index in [1.165, 1.54) is 0 Å². The molecule has 0 fully saturated rings. The number of hydrogen-bond donors (Lipinski definition) is 1. The third kappa shape index (κ3) is 2.67. The zero-order valence-corrected chi connectivity index (χ0v) is 10.7. The number of nitrogens with two attached hydrogens (primary N) is 1. The summed E-state index contributed by atoms with van der Waals surface area (Å²) in [7, 11) is 0. The number of benzene rings is 2. The SMILES string of the molecule is NCc1nnc(-c2ccc(Oc3ccccc3)cc2)o1. The number of para-hydroxylation sites is 1. The predicted octanol–water partition coefficient (Wildman–Crippen LogP) is 2.99. The topological polar surface area (TPSA) is 74.2 Å². The monoisotopic (exact) mass is 267 g/mol. The Bertz CT molecular complexity index is 678. The molecule has 0 amide bonds. The molecular formula is C15H13N3O2. The number of ether oxygens (including phenoxy) is 1. The van der Waals surface area contributed by atoms with E-state index in [4.69, 9.17) is 14.9 Å². The van der Waals surface area contributed by atoms with Gasteiger partial charge in [0.2, 0.25) is 11.8 Å².